The number of para-hydroxylation sites is 1. The van der Waals surface area contributed by atoms with Crippen molar-refractivity contribution < 1.29 is 18.0 Å². The number of sulfonamides is 1. The van der Waals surface area contributed by atoms with Crippen LogP contribution in [0.15, 0.2) is 83.8 Å². The van der Waals surface area contributed by atoms with E-state index in [4.69, 9.17) is 0 Å². The number of carbonyl (C=O) groups is 2. The molecular weight excluding hydrogens is 450 g/mol. The fourth-order valence-corrected chi connectivity index (χ4v) is 5.58. The highest BCUT2D eigenvalue weighted by Gasteiger charge is 2.30. The summed E-state index contributed by atoms with van der Waals surface area (Å²) in [6.07, 6.45) is 0. The van der Waals surface area contributed by atoms with Crippen LogP contribution in [0.1, 0.15) is 17.3 Å². The van der Waals surface area contributed by atoms with Crippen LogP contribution in [-0.4, -0.2) is 62.7 Å². The highest BCUT2D eigenvalue weighted by atomic mass is 32.2. The van der Waals surface area contributed by atoms with E-state index in [-0.39, 0.29) is 35.4 Å². The lowest BCUT2D eigenvalue weighted by Crippen LogP contribution is -2.49. The van der Waals surface area contributed by atoms with Gasteiger partial charge in [-0.05, 0) is 29.8 Å². The Bertz CT molecular complexity index is 1300. The lowest BCUT2D eigenvalue weighted by atomic mass is 10.0. The number of rotatable bonds is 5. The number of benzene rings is 3. The van der Waals surface area contributed by atoms with Crippen LogP contribution in [0.25, 0.3) is 11.1 Å². The van der Waals surface area contributed by atoms with Gasteiger partial charge in [-0.2, -0.15) is 4.31 Å². The average Bonchev–Trinajstić information content (AvgIpc) is 2.88. The van der Waals surface area contributed by atoms with E-state index in [0.29, 0.717) is 13.1 Å². The minimum atomic E-state index is -3.78. The van der Waals surface area contributed by atoms with Crippen molar-refractivity contribution >= 4 is 27.5 Å². The van der Waals surface area contributed by atoms with Gasteiger partial charge in [0.05, 0.1) is 10.6 Å². The van der Waals surface area contributed by atoms with Gasteiger partial charge in [-0.3, -0.25) is 9.59 Å². The maximum absolute atomic E-state index is 13.4. The third kappa shape index (κ3) is 4.73. The van der Waals surface area contributed by atoms with Crippen molar-refractivity contribution in [2.45, 2.75) is 11.8 Å². The van der Waals surface area contributed by atoms with Gasteiger partial charge in [0.25, 0.3) is 5.91 Å². The summed E-state index contributed by atoms with van der Waals surface area (Å²) >= 11 is 0. The van der Waals surface area contributed by atoms with Gasteiger partial charge >= 0.3 is 0 Å². The summed E-state index contributed by atoms with van der Waals surface area (Å²) in [6.45, 7) is 2.64. The molecule has 4 rings (SSSR count). The van der Waals surface area contributed by atoms with E-state index in [9.17, 15) is 18.0 Å². The molecule has 0 atom stereocenters. The van der Waals surface area contributed by atoms with Crippen molar-refractivity contribution in [1.82, 2.24) is 9.21 Å². The molecule has 34 heavy (non-hydrogen) atoms. The SMILES string of the molecule is CC(=O)N1CCN(S(=O)(=O)c2cccc(C(=O)N(C)c3ccccc3-c3ccccc3)c2)CC1. The van der Waals surface area contributed by atoms with Crippen LogP contribution in [0, 0.1) is 0 Å². The third-order valence-corrected chi connectivity index (χ3v) is 7.95. The summed E-state index contributed by atoms with van der Waals surface area (Å²) in [6, 6.07) is 23.5. The summed E-state index contributed by atoms with van der Waals surface area (Å²) in [5.41, 5.74) is 2.91. The molecule has 3 aromatic carbocycles. The summed E-state index contributed by atoms with van der Waals surface area (Å²) in [4.78, 5) is 28.2. The van der Waals surface area contributed by atoms with Crippen LogP contribution in [-0.2, 0) is 14.8 Å². The first-order chi connectivity index (χ1) is 16.3. The minimum absolute atomic E-state index is 0.0662. The molecule has 0 aliphatic carbocycles. The molecule has 0 spiro atoms. The first-order valence-corrected chi connectivity index (χ1v) is 12.5. The Hall–Kier alpha value is -3.49. The van der Waals surface area contributed by atoms with Crippen LogP contribution >= 0.6 is 0 Å². The average molecular weight is 478 g/mol. The fraction of sp³-hybridized carbons (Fsp3) is 0.231. The Labute approximate surface area is 200 Å². The second-order valence-electron chi connectivity index (χ2n) is 8.19. The number of hydrogen-bond acceptors (Lipinski definition) is 4. The van der Waals surface area contributed by atoms with Crippen molar-refractivity contribution in [3.8, 4) is 11.1 Å². The molecule has 1 fully saturated rings. The van der Waals surface area contributed by atoms with Crippen molar-refractivity contribution in [3.05, 3.63) is 84.4 Å². The standard InChI is InChI=1S/C26H27N3O4S/c1-20(30)28-15-17-29(18-16-28)34(32,33)23-12-8-11-22(19-23)26(31)27(2)25-14-7-6-13-24(25)21-9-4-3-5-10-21/h3-14,19H,15-18H2,1-2H3. The van der Waals surface area contributed by atoms with Crippen molar-refractivity contribution in [2.75, 3.05) is 38.1 Å². The third-order valence-electron chi connectivity index (χ3n) is 6.06. The summed E-state index contributed by atoms with van der Waals surface area (Å²) < 4.78 is 27.8. The van der Waals surface area contributed by atoms with Crippen LogP contribution in [0.3, 0.4) is 0 Å². The maximum atomic E-state index is 13.4. The molecule has 8 heteroatoms. The monoisotopic (exact) mass is 477 g/mol. The van der Waals surface area contributed by atoms with E-state index in [2.05, 4.69) is 0 Å². The van der Waals surface area contributed by atoms with Gasteiger partial charge in [0.1, 0.15) is 0 Å². The predicted molar refractivity (Wildman–Crippen MR) is 132 cm³/mol. The van der Waals surface area contributed by atoms with E-state index in [0.717, 1.165) is 16.8 Å². The largest absolute Gasteiger partial charge is 0.340 e. The molecule has 0 saturated carbocycles. The second-order valence-corrected chi connectivity index (χ2v) is 10.1. The van der Waals surface area contributed by atoms with E-state index in [1.165, 1.54) is 23.4 Å². The Morgan fingerprint density at radius 1 is 0.824 bits per heavy atom. The number of hydrogen-bond donors (Lipinski definition) is 0. The summed E-state index contributed by atoms with van der Waals surface area (Å²) in [7, 11) is -2.10. The van der Waals surface area contributed by atoms with Crippen LogP contribution in [0.4, 0.5) is 5.69 Å². The number of amides is 2. The van der Waals surface area contributed by atoms with Gasteiger partial charge in [-0.1, -0.05) is 54.6 Å². The number of piperazine rings is 1. The number of anilines is 1. The molecule has 2 amide bonds. The van der Waals surface area contributed by atoms with Gasteiger partial charge in [-0.15, -0.1) is 0 Å². The van der Waals surface area contributed by atoms with Crippen molar-refractivity contribution in [3.63, 3.8) is 0 Å². The molecule has 7 nitrogen and oxygen atoms in total. The highest BCUT2D eigenvalue weighted by Crippen LogP contribution is 2.31. The van der Waals surface area contributed by atoms with Gasteiger partial charge in [-0.25, -0.2) is 8.42 Å². The van der Waals surface area contributed by atoms with E-state index in [1.54, 1.807) is 29.0 Å². The normalized spacial score (nSPS) is 14.6. The van der Waals surface area contributed by atoms with E-state index < -0.39 is 10.0 Å². The number of nitrogens with zero attached hydrogens (tertiary/aromatic N) is 3. The Kier molecular flexibility index (Phi) is 6.81. The molecule has 0 bridgehead atoms. The minimum Gasteiger partial charge on any atom is -0.340 e. The Balaban J connectivity index is 1.59. The van der Waals surface area contributed by atoms with Crippen LogP contribution in [0.2, 0.25) is 0 Å². The fourth-order valence-electron chi connectivity index (χ4n) is 4.11. The zero-order valence-electron chi connectivity index (χ0n) is 19.2. The molecule has 3 aromatic rings. The van der Waals surface area contributed by atoms with Gasteiger partial charge < -0.3 is 9.80 Å². The van der Waals surface area contributed by atoms with Gasteiger partial charge in [0.15, 0.2) is 0 Å². The molecular formula is C26H27N3O4S. The van der Waals surface area contributed by atoms with Crippen LogP contribution in [0.5, 0.6) is 0 Å². The van der Waals surface area contributed by atoms with Crippen molar-refractivity contribution in [1.29, 1.82) is 0 Å². The Morgan fingerprint density at radius 3 is 2.15 bits per heavy atom. The van der Waals surface area contributed by atoms with Crippen molar-refractivity contribution in [2.24, 2.45) is 0 Å². The van der Waals surface area contributed by atoms with E-state index >= 15 is 0 Å². The molecule has 1 aliphatic rings. The molecule has 0 aromatic heterocycles. The molecule has 0 unspecified atom stereocenters. The first-order valence-electron chi connectivity index (χ1n) is 11.1. The van der Waals surface area contributed by atoms with Crippen LogP contribution < -0.4 is 4.90 Å². The lowest BCUT2D eigenvalue weighted by molar-refractivity contribution is -0.129. The maximum Gasteiger partial charge on any atom is 0.258 e. The molecule has 1 heterocycles. The quantitative estimate of drug-likeness (QED) is 0.564. The molecule has 1 saturated heterocycles. The highest BCUT2D eigenvalue weighted by molar-refractivity contribution is 7.89. The smallest absolute Gasteiger partial charge is 0.258 e. The van der Waals surface area contributed by atoms with Gasteiger partial charge in [0.2, 0.25) is 15.9 Å². The second kappa shape index (κ2) is 9.79. The molecule has 1 aliphatic heterocycles. The molecule has 0 radical (unpaired) electrons. The first kappa shape index (κ1) is 23.7. The predicted octanol–water partition coefficient (Wildman–Crippen LogP) is 3.48. The molecule has 0 N–H and O–H groups in total. The molecule has 176 valence electrons. The summed E-state index contributed by atoms with van der Waals surface area (Å²) in [5, 5.41) is 0. The Morgan fingerprint density at radius 2 is 1.47 bits per heavy atom. The van der Waals surface area contributed by atoms with Gasteiger partial charge in [0, 0.05) is 51.3 Å². The zero-order valence-corrected chi connectivity index (χ0v) is 20.0. The topological polar surface area (TPSA) is 78.0 Å². The summed E-state index contributed by atoms with van der Waals surface area (Å²) in [5.74, 6) is -0.370. The van der Waals surface area contributed by atoms with E-state index in [1.807, 2.05) is 54.6 Å². The number of carbonyl (C=O) groups excluding carboxylic acids is 2. The zero-order chi connectivity index (χ0) is 24.3. The lowest BCUT2D eigenvalue weighted by Gasteiger charge is -2.33.